The lowest BCUT2D eigenvalue weighted by molar-refractivity contribution is 1.07. The molecule has 2 heterocycles. The van der Waals surface area contributed by atoms with Gasteiger partial charge in [0.05, 0.1) is 16.5 Å². The lowest BCUT2D eigenvalue weighted by Crippen LogP contribution is -2.01. The van der Waals surface area contributed by atoms with Crippen molar-refractivity contribution in [2.24, 2.45) is 0 Å². The Morgan fingerprint density at radius 1 is 0.327 bits per heavy atom. The van der Waals surface area contributed by atoms with Gasteiger partial charge >= 0.3 is 0 Å². The highest BCUT2D eigenvalue weighted by molar-refractivity contribution is 6.10. The fourth-order valence-electron chi connectivity index (χ4n) is 7.25. The Balaban J connectivity index is 1.13. The van der Waals surface area contributed by atoms with E-state index in [1.165, 1.54) is 0 Å². The van der Waals surface area contributed by atoms with Crippen molar-refractivity contribution in [1.82, 2.24) is 19.5 Å². The van der Waals surface area contributed by atoms with Gasteiger partial charge in [-0.3, -0.25) is 0 Å². The third-order valence-corrected chi connectivity index (χ3v) is 9.98. The molecule has 0 atom stereocenters. The highest BCUT2D eigenvalue weighted by Crippen LogP contribution is 2.37. The fraction of sp³-hybridized carbons (Fsp3) is 0. The van der Waals surface area contributed by atoms with Crippen LogP contribution in [0.1, 0.15) is 5.48 Å². The minimum atomic E-state index is -0.286. The SMILES string of the molecule is [2H]c1c([2H])c([2H])c2c(c1[2H])c1cc(-c3cccc(-c4ccccc4)c3)ccc1n2-c1cccc(-c2nc(-c3ccccc3)nc(-c3ccc(-c4ccccc4)cc3)n2)c1. The first-order valence-corrected chi connectivity index (χ1v) is 18.2. The van der Waals surface area contributed by atoms with E-state index in [1.807, 2.05) is 126 Å². The molecule has 0 saturated carbocycles. The molecule has 0 radical (unpaired) electrons. The molecular weight excluding hydrogens is 669 g/mol. The maximum atomic E-state index is 9.18. The summed E-state index contributed by atoms with van der Waals surface area (Å²) in [6, 6.07) is 60.0. The molecule has 55 heavy (non-hydrogen) atoms. The van der Waals surface area contributed by atoms with Gasteiger partial charge in [0.25, 0.3) is 0 Å². The van der Waals surface area contributed by atoms with Gasteiger partial charge in [-0.1, -0.05) is 170 Å². The molecule has 4 nitrogen and oxygen atoms in total. The van der Waals surface area contributed by atoms with Crippen LogP contribution in [0.5, 0.6) is 0 Å². The van der Waals surface area contributed by atoms with E-state index < -0.39 is 0 Å². The summed E-state index contributed by atoms with van der Waals surface area (Å²) in [7, 11) is 0. The smallest absolute Gasteiger partial charge is 0.164 e. The van der Waals surface area contributed by atoms with Gasteiger partial charge in [0.1, 0.15) is 0 Å². The third-order valence-electron chi connectivity index (χ3n) is 9.98. The molecule has 0 N–H and O–H groups in total. The van der Waals surface area contributed by atoms with Crippen molar-refractivity contribution in [2.45, 2.75) is 0 Å². The number of rotatable bonds is 7. The second-order valence-corrected chi connectivity index (χ2v) is 13.4. The van der Waals surface area contributed by atoms with Gasteiger partial charge in [0.15, 0.2) is 17.5 Å². The van der Waals surface area contributed by atoms with Crippen LogP contribution in [0.2, 0.25) is 0 Å². The summed E-state index contributed by atoms with van der Waals surface area (Å²) in [5, 5.41) is 1.19. The second-order valence-electron chi connectivity index (χ2n) is 13.4. The van der Waals surface area contributed by atoms with Crippen LogP contribution < -0.4 is 0 Å². The molecule has 0 spiro atoms. The van der Waals surface area contributed by atoms with Gasteiger partial charge in [0.2, 0.25) is 0 Å². The van der Waals surface area contributed by atoms with Crippen LogP contribution in [0.15, 0.2) is 206 Å². The minimum Gasteiger partial charge on any atom is -0.309 e. The molecule has 0 aliphatic rings. The van der Waals surface area contributed by atoms with Crippen molar-refractivity contribution >= 4 is 21.8 Å². The first kappa shape index (κ1) is 28.1. The van der Waals surface area contributed by atoms with E-state index in [2.05, 4.69) is 60.7 Å². The predicted octanol–water partition coefficient (Wildman–Crippen LogP) is 13.0. The summed E-state index contributed by atoms with van der Waals surface area (Å²) >= 11 is 0. The molecule has 10 rings (SSSR count). The van der Waals surface area contributed by atoms with Crippen LogP contribution in [0.25, 0.3) is 95.0 Å². The van der Waals surface area contributed by atoms with Gasteiger partial charge in [-0.05, 0) is 69.8 Å². The van der Waals surface area contributed by atoms with Crippen molar-refractivity contribution < 1.29 is 5.48 Å². The first-order chi connectivity index (χ1) is 28.9. The van der Waals surface area contributed by atoms with E-state index >= 15 is 0 Å². The van der Waals surface area contributed by atoms with Crippen LogP contribution in [0.3, 0.4) is 0 Å². The normalized spacial score (nSPS) is 12.3. The molecule has 10 aromatic rings. The number of para-hydroxylation sites is 1. The van der Waals surface area contributed by atoms with E-state index in [1.54, 1.807) is 0 Å². The van der Waals surface area contributed by atoms with Crippen LogP contribution in [0, 0.1) is 0 Å². The molecule has 2 aromatic heterocycles. The Morgan fingerprint density at radius 2 is 0.782 bits per heavy atom. The monoisotopic (exact) mass is 706 g/mol. The van der Waals surface area contributed by atoms with E-state index in [0.29, 0.717) is 34.1 Å². The number of benzene rings is 8. The largest absolute Gasteiger partial charge is 0.309 e. The Kier molecular flexibility index (Phi) is 7.08. The van der Waals surface area contributed by atoms with Crippen LogP contribution >= 0.6 is 0 Å². The van der Waals surface area contributed by atoms with Crippen molar-refractivity contribution in [3.8, 4) is 73.2 Å². The molecule has 0 fully saturated rings. The van der Waals surface area contributed by atoms with Crippen molar-refractivity contribution in [2.75, 3.05) is 0 Å². The van der Waals surface area contributed by atoms with Crippen molar-refractivity contribution in [3.63, 3.8) is 0 Å². The molecule has 258 valence electrons. The van der Waals surface area contributed by atoms with Gasteiger partial charge in [0, 0.05) is 33.2 Å². The third kappa shape index (κ3) is 6.16. The van der Waals surface area contributed by atoms with Crippen LogP contribution in [0.4, 0.5) is 0 Å². The van der Waals surface area contributed by atoms with Crippen LogP contribution in [-0.4, -0.2) is 19.5 Å². The quantitative estimate of drug-likeness (QED) is 0.166. The average molecular weight is 707 g/mol. The molecule has 4 heteroatoms. The molecule has 0 aliphatic heterocycles. The zero-order valence-corrected chi connectivity index (χ0v) is 29.6. The van der Waals surface area contributed by atoms with E-state index in [-0.39, 0.29) is 24.2 Å². The number of nitrogens with zero attached hydrogens (tertiary/aromatic N) is 4. The molecule has 0 aliphatic carbocycles. The highest BCUT2D eigenvalue weighted by atomic mass is 15.0. The number of aromatic nitrogens is 4. The molecule has 0 bridgehead atoms. The maximum absolute atomic E-state index is 9.18. The fourth-order valence-corrected chi connectivity index (χ4v) is 7.25. The van der Waals surface area contributed by atoms with Crippen molar-refractivity contribution in [3.05, 3.63) is 206 Å². The Bertz CT molecular complexity index is 3190. The molecule has 0 saturated heterocycles. The van der Waals surface area contributed by atoms with Crippen LogP contribution in [-0.2, 0) is 0 Å². The molecular formula is C51H34N4. The maximum Gasteiger partial charge on any atom is 0.164 e. The summed E-state index contributed by atoms with van der Waals surface area (Å²) in [6.45, 7) is 0. The van der Waals surface area contributed by atoms with Gasteiger partial charge in [-0.2, -0.15) is 0 Å². The van der Waals surface area contributed by atoms with Crippen molar-refractivity contribution in [1.29, 1.82) is 0 Å². The highest BCUT2D eigenvalue weighted by Gasteiger charge is 2.17. The predicted molar refractivity (Wildman–Crippen MR) is 227 cm³/mol. The lowest BCUT2D eigenvalue weighted by Gasteiger charge is -2.12. The van der Waals surface area contributed by atoms with E-state index in [9.17, 15) is 1.37 Å². The Morgan fingerprint density at radius 3 is 1.47 bits per heavy atom. The Labute approximate surface area is 325 Å². The number of hydrogen-bond donors (Lipinski definition) is 0. The minimum absolute atomic E-state index is 0.0796. The number of fused-ring (bicyclic) bond motifs is 3. The molecule has 0 unspecified atom stereocenters. The summed E-state index contributed by atoms with van der Waals surface area (Å²) in [6.07, 6.45) is 0. The topological polar surface area (TPSA) is 43.6 Å². The van der Waals surface area contributed by atoms with E-state index in [4.69, 9.17) is 19.1 Å². The summed E-state index contributed by atoms with van der Waals surface area (Å²) < 4.78 is 37.6. The average Bonchev–Trinajstić information content (AvgIpc) is 3.66. The second kappa shape index (κ2) is 13.8. The molecule has 8 aromatic carbocycles. The summed E-state index contributed by atoms with van der Waals surface area (Å²) in [5.41, 5.74) is 10.7. The number of hydrogen-bond acceptors (Lipinski definition) is 3. The van der Waals surface area contributed by atoms with Gasteiger partial charge < -0.3 is 4.57 Å². The summed E-state index contributed by atoms with van der Waals surface area (Å²) in [5.74, 6) is 1.55. The lowest BCUT2D eigenvalue weighted by atomic mass is 9.98. The Hall–Kier alpha value is -7.43. The first-order valence-electron chi connectivity index (χ1n) is 20.2. The van der Waals surface area contributed by atoms with Gasteiger partial charge in [-0.15, -0.1) is 0 Å². The standard InChI is InChI=1S/C51H34N4/c1-4-14-35(15-5-1)37-26-28-39(29-27-37)50-52-49(38-18-8-3-9-19-38)53-51(54-50)43-22-13-23-44(33-43)55-47-25-11-10-24-45(47)46-34-42(30-31-48(46)55)41-21-12-20-40(32-41)36-16-6-2-7-17-36/h1-34H/i10D,11D,24D,25D. The zero-order chi connectivity index (χ0) is 40.0. The molecule has 0 amide bonds. The summed E-state index contributed by atoms with van der Waals surface area (Å²) in [4.78, 5) is 15.0. The van der Waals surface area contributed by atoms with E-state index in [0.717, 1.165) is 61.0 Å². The zero-order valence-electron chi connectivity index (χ0n) is 33.6. The van der Waals surface area contributed by atoms with Gasteiger partial charge in [-0.25, -0.2) is 15.0 Å².